The molecule has 0 radical (unpaired) electrons. The zero-order valence-electron chi connectivity index (χ0n) is 11.8. The van der Waals surface area contributed by atoms with E-state index in [1.165, 1.54) is 6.07 Å². The van der Waals surface area contributed by atoms with E-state index in [2.05, 4.69) is 18.7 Å². The number of ether oxygens (including phenoxy) is 1. The first-order valence-electron chi connectivity index (χ1n) is 6.95. The Labute approximate surface area is 115 Å². The molecular formula is C15H24FNO2. The smallest absolute Gasteiger partial charge is 0.165 e. The highest BCUT2D eigenvalue weighted by Gasteiger charge is 2.14. The van der Waals surface area contributed by atoms with Gasteiger partial charge in [0.25, 0.3) is 0 Å². The second-order valence-corrected chi connectivity index (χ2v) is 4.51. The third-order valence-electron chi connectivity index (χ3n) is 3.32. The second-order valence-electron chi connectivity index (χ2n) is 4.51. The molecule has 0 aliphatic carbocycles. The Morgan fingerprint density at radius 3 is 2.47 bits per heavy atom. The quantitative estimate of drug-likeness (QED) is 0.748. The molecule has 19 heavy (non-hydrogen) atoms. The number of hydrogen-bond acceptors (Lipinski definition) is 3. The molecule has 0 saturated heterocycles. The van der Waals surface area contributed by atoms with Crippen LogP contribution >= 0.6 is 0 Å². The monoisotopic (exact) mass is 269 g/mol. The highest BCUT2D eigenvalue weighted by Crippen LogP contribution is 2.15. The molecule has 0 aromatic heterocycles. The number of aliphatic hydroxyl groups is 1. The SMILES string of the molecule is CCC(CC)N(CCO)CCOc1ccccc1F. The van der Waals surface area contributed by atoms with Crippen LogP contribution < -0.4 is 4.74 Å². The van der Waals surface area contributed by atoms with E-state index in [0.29, 0.717) is 25.7 Å². The lowest BCUT2D eigenvalue weighted by atomic mass is 10.1. The van der Waals surface area contributed by atoms with Crippen LogP contribution in [0.25, 0.3) is 0 Å². The Morgan fingerprint density at radius 2 is 1.89 bits per heavy atom. The maximum atomic E-state index is 13.4. The Bertz CT molecular complexity index is 356. The van der Waals surface area contributed by atoms with Gasteiger partial charge < -0.3 is 9.84 Å². The van der Waals surface area contributed by atoms with E-state index in [9.17, 15) is 4.39 Å². The summed E-state index contributed by atoms with van der Waals surface area (Å²) in [5.41, 5.74) is 0. The van der Waals surface area contributed by atoms with E-state index in [1.54, 1.807) is 18.2 Å². The molecule has 0 spiro atoms. The Morgan fingerprint density at radius 1 is 1.21 bits per heavy atom. The lowest BCUT2D eigenvalue weighted by Crippen LogP contribution is -2.39. The molecule has 0 amide bonds. The molecule has 0 aliphatic heterocycles. The van der Waals surface area contributed by atoms with E-state index >= 15 is 0 Å². The van der Waals surface area contributed by atoms with Crippen LogP contribution in [-0.2, 0) is 0 Å². The Hall–Kier alpha value is -1.13. The second kappa shape index (κ2) is 8.88. The van der Waals surface area contributed by atoms with Crippen molar-refractivity contribution in [3.05, 3.63) is 30.1 Å². The highest BCUT2D eigenvalue weighted by atomic mass is 19.1. The third kappa shape index (κ3) is 5.17. The zero-order valence-corrected chi connectivity index (χ0v) is 11.8. The van der Waals surface area contributed by atoms with Gasteiger partial charge in [-0.05, 0) is 25.0 Å². The number of nitrogens with zero attached hydrogens (tertiary/aromatic N) is 1. The van der Waals surface area contributed by atoms with E-state index in [4.69, 9.17) is 9.84 Å². The number of hydrogen-bond donors (Lipinski definition) is 1. The average Bonchev–Trinajstić information content (AvgIpc) is 2.42. The summed E-state index contributed by atoms with van der Waals surface area (Å²) in [4.78, 5) is 2.20. The summed E-state index contributed by atoms with van der Waals surface area (Å²) >= 11 is 0. The minimum atomic E-state index is -0.334. The Balaban J connectivity index is 2.46. The lowest BCUT2D eigenvalue weighted by Gasteiger charge is -2.29. The molecule has 0 unspecified atom stereocenters. The summed E-state index contributed by atoms with van der Waals surface area (Å²) < 4.78 is 18.8. The van der Waals surface area contributed by atoms with E-state index in [1.807, 2.05) is 0 Å². The number of halogens is 1. The molecule has 1 aromatic carbocycles. The fourth-order valence-corrected chi connectivity index (χ4v) is 2.25. The number of aliphatic hydroxyl groups excluding tert-OH is 1. The van der Waals surface area contributed by atoms with Gasteiger partial charge in [0.2, 0.25) is 0 Å². The first-order valence-corrected chi connectivity index (χ1v) is 6.95. The maximum Gasteiger partial charge on any atom is 0.165 e. The van der Waals surface area contributed by atoms with Crippen molar-refractivity contribution in [3.8, 4) is 5.75 Å². The Kier molecular flexibility index (Phi) is 7.45. The number of para-hydroxylation sites is 1. The molecule has 108 valence electrons. The van der Waals surface area contributed by atoms with Crippen LogP contribution in [0.15, 0.2) is 24.3 Å². The molecular weight excluding hydrogens is 245 g/mol. The van der Waals surface area contributed by atoms with Crippen molar-refractivity contribution < 1.29 is 14.2 Å². The predicted octanol–water partition coefficient (Wildman–Crippen LogP) is 2.69. The minimum absolute atomic E-state index is 0.135. The summed E-state index contributed by atoms with van der Waals surface area (Å²) in [5, 5.41) is 9.09. The molecule has 0 aliphatic rings. The fraction of sp³-hybridized carbons (Fsp3) is 0.600. The van der Waals surface area contributed by atoms with Gasteiger partial charge in [-0.2, -0.15) is 0 Å². The van der Waals surface area contributed by atoms with Crippen LogP contribution in [0.3, 0.4) is 0 Å². The van der Waals surface area contributed by atoms with Gasteiger partial charge in [0.15, 0.2) is 11.6 Å². The van der Waals surface area contributed by atoms with Crippen molar-refractivity contribution in [2.75, 3.05) is 26.3 Å². The molecule has 1 rings (SSSR count). The predicted molar refractivity (Wildman–Crippen MR) is 74.9 cm³/mol. The standard InChI is InChI=1S/C15H24FNO2/c1-3-13(4-2)17(9-11-18)10-12-19-15-8-6-5-7-14(15)16/h5-8,13,18H,3-4,9-12H2,1-2H3. The number of rotatable bonds is 9. The highest BCUT2D eigenvalue weighted by molar-refractivity contribution is 5.23. The molecule has 4 heteroatoms. The van der Waals surface area contributed by atoms with Crippen molar-refractivity contribution in [2.45, 2.75) is 32.7 Å². The molecule has 0 atom stereocenters. The van der Waals surface area contributed by atoms with Gasteiger partial charge in [0, 0.05) is 19.1 Å². The van der Waals surface area contributed by atoms with Crippen LogP contribution in [0.1, 0.15) is 26.7 Å². The fourth-order valence-electron chi connectivity index (χ4n) is 2.25. The average molecular weight is 269 g/mol. The van der Waals surface area contributed by atoms with Gasteiger partial charge in [-0.3, -0.25) is 4.90 Å². The van der Waals surface area contributed by atoms with Gasteiger partial charge in [0.05, 0.1) is 6.61 Å². The van der Waals surface area contributed by atoms with Crippen LogP contribution in [0, 0.1) is 5.82 Å². The van der Waals surface area contributed by atoms with E-state index in [0.717, 1.165) is 12.8 Å². The summed E-state index contributed by atoms with van der Waals surface area (Å²) in [6.45, 7) is 6.16. The molecule has 0 heterocycles. The summed E-state index contributed by atoms with van der Waals surface area (Å²) in [6, 6.07) is 6.86. The topological polar surface area (TPSA) is 32.7 Å². The molecule has 0 bridgehead atoms. The van der Waals surface area contributed by atoms with Crippen molar-refractivity contribution in [3.63, 3.8) is 0 Å². The number of benzene rings is 1. The van der Waals surface area contributed by atoms with Crippen molar-refractivity contribution >= 4 is 0 Å². The minimum Gasteiger partial charge on any atom is -0.489 e. The van der Waals surface area contributed by atoms with E-state index in [-0.39, 0.29) is 18.2 Å². The summed E-state index contributed by atoms with van der Waals surface area (Å²) in [6.07, 6.45) is 2.08. The molecule has 1 N–H and O–H groups in total. The van der Waals surface area contributed by atoms with Crippen LogP contribution in [0.2, 0.25) is 0 Å². The van der Waals surface area contributed by atoms with Crippen molar-refractivity contribution in [2.24, 2.45) is 0 Å². The summed E-state index contributed by atoms with van der Waals surface area (Å²) in [7, 11) is 0. The normalized spacial score (nSPS) is 11.3. The zero-order chi connectivity index (χ0) is 14.1. The van der Waals surface area contributed by atoms with Crippen LogP contribution in [0.5, 0.6) is 5.75 Å². The van der Waals surface area contributed by atoms with Gasteiger partial charge in [-0.25, -0.2) is 4.39 Å². The maximum absolute atomic E-state index is 13.4. The van der Waals surface area contributed by atoms with E-state index < -0.39 is 0 Å². The van der Waals surface area contributed by atoms with Gasteiger partial charge in [-0.1, -0.05) is 26.0 Å². The van der Waals surface area contributed by atoms with Gasteiger partial charge >= 0.3 is 0 Å². The third-order valence-corrected chi connectivity index (χ3v) is 3.32. The lowest BCUT2D eigenvalue weighted by molar-refractivity contribution is 0.121. The van der Waals surface area contributed by atoms with Gasteiger partial charge in [0.1, 0.15) is 6.61 Å². The summed E-state index contributed by atoms with van der Waals surface area (Å²) in [5.74, 6) is -0.0465. The van der Waals surface area contributed by atoms with Crippen molar-refractivity contribution in [1.29, 1.82) is 0 Å². The largest absolute Gasteiger partial charge is 0.489 e. The first kappa shape index (κ1) is 15.9. The molecule has 0 fully saturated rings. The van der Waals surface area contributed by atoms with Crippen molar-refractivity contribution in [1.82, 2.24) is 4.90 Å². The molecule has 3 nitrogen and oxygen atoms in total. The molecule has 0 saturated carbocycles. The van der Waals surface area contributed by atoms with Crippen LogP contribution in [-0.4, -0.2) is 42.4 Å². The van der Waals surface area contributed by atoms with Gasteiger partial charge in [-0.15, -0.1) is 0 Å². The van der Waals surface area contributed by atoms with Crippen LogP contribution in [0.4, 0.5) is 4.39 Å². The first-order chi connectivity index (χ1) is 9.22. The molecule has 1 aromatic rings.